The third-order valence-electron chi connectivity index (χ3n) is 18.0. The Labute approximate surface area is 344 Å². The zero-order valence-electron chi connectivity index (χ0n) is 37.6. The Morgan fingerprint density at radius 3 is 2.12 bits per heavy atom. The first-order valence-electron chi connectivity index (χ1n) is 22.8. The number of ketones is 1. The Balaban J connectivity index is 1.29. The van der Waals surface area contributed by atoms with Crippen molar-refractivity contribution in [3.63, 3.8) is 0 Å². The molecule has 0 saturated heterocycles. The van der Waals surface area contributed by atoms with Gasteiger partial charge in [-0.05, 0) is 138 Å². The Kier molecular flexibility index (Phi) is 12.2. The van der Waals surface area contributed by atoms with Crippen molar-refractivity contribution in [1.29, 1.82) is 0 Å². The third kappa shape index (κ3) is 7.37. The zero-order valence-corrected chi connectivity index (χ0v) is 37.6. The summed E-state index contributed by atoms with van der Waals surface area (Å²) in [5.41, 5.74) is 0.103. The van der Waals surface area contributed by atoms with Gasteiger partial charge in [-0.2, -0.15) is 0 Å². The van der Waals surface area contributed by atoms with E-state index in [0.29, 0.717) is 24.8 Å². The molecule has 6 aliphatic rings. The Hall–Kier alpha value is -2.26. The lowest BCUT2D eigenvalue weighted by Crippen LogP contribution is -2.66. The molecule has 1 amide bonds. The van der Waals surface area contributed by atoms with Crippen molar-refractivity contribution in [3.8, 4) is 0 Å². The minimum Gasteiger partial charge on any atom is -0.481 e. The number of amides is 1. The fourth-order valence-corrected chi connectivity index (χ4v) is 14.5. The highest BCUT2D eigenvalue weighted by atomic mass is 16.5. The first-order chi connectivity index (χ1) is 26.5. The number of ether oxygens (including phenoxy) is 1. The number of carboxylic acids is 1. The van der Waals surface area contributed by atoms with Crippen LogP contribution >= 0.6 is 0 Å². The second kappa shape index (κ2) is 15.6. The minimum absolute atomic E-state index is 0.0127. The van der Waals surface area contributed by atoms with E-state index in [2.05, 4.69) is 53.4 Å². The molecular weight excluding hydrogens is 717 g/mol. The van der Waals surface area contributed by atoms with E-state index in [-0.39, 0.29) is 70.2 Å². The minimum atomic E-state index is -1.18. The molecule has 9 heteroatoms. The molecule has 0 spiro atoms. The number of hydrogen-bond acceptors (Lipinski definition) is 7. The van der Waals surface area contributed by atoms with Crippen molar-refractivity contribution in [2.24, 2.45) is 62.1 Å². The van der Waals surface area contributed by atoms with Gasteiger partial charge in [-0.3, -0.25) is 19.2 Å². The summed E-state index contributed by atoms with van der Waals surface area (Å²) < 4.78 is 6.19. The molecule has 322 valence electrons. The van der Waals surface area contributed by atoms with Crippen LogP contribution < -0.4 is 0 Å². The molecule has 0 bridgehead atoms. The molecule has 0 aromatic heterocycles. The van der Waals surface area contributed by atoms with Crippen LogP contribution in [-0.4, -0.2) is 89.6 Å². The summed E-state index contributed by atoms with van der Waals surface area (Å²) in [6.07, 6.45) is 11.9. The van der Waals surface area contributed by atoms with E-state index in [9.17, 15) is 29.4 Å². The van der Waals surface area contributed by atoms with Crippen molar-refractivity contribution in [2.75, 3.05) is 33.7 Å². The van der Waals surface area contributed by atoms with Crippen LogP contribution in [0, 0.1) is 62.1 Å². The number of carbonyl (C=O) groups excluding carboxylic acids is 3. The number of esters is 1. The van der Waals surface area contributed by atoms with Crippen molar-refractivity contribution < 1.29 is 34.1 Å². The number of aliphatic carboxylic acids is 1. The van der Waals surface area contributed by atoms with Gasteiger partial charge in [0.05, 0.1) is 17.9 Å². The molecule has 5 fully saturated rings. The smallest absolute Gasteiger partial charge is 0.309 e. The number of carbonyl (C=O) groups is 4. The lowest BCUT2D eigenvalue weighted by atomic mass is 9.33. The van der Waals surface area contributed by atoms with Crippen LogP contribution in [0.2, 0.25) is 0 Å². The molecule has 0 radical (unpaired) electrons. The maximum Gasteiger partial charge on any atom is 0.309 e. The summed E-state index contributed by atoms with van der Waals surface area (Å²) in [4.78, 5) is 57.5. The van der Waals surface area contributed by atoms with Crippen LogP contribution in [0.4, 0.5) is 0 Å². The molecule has 6 aliphatic carbocycles. The maximum atomic E-state index is 14.3. The molecule has 6 rings (SSSR count). The number of nitrogens with zero attached hydrogens (tertiary/aromatic N) is 2. The van der Waals surface area contributed by atoms with Gasteiger partial charge in [-0.25, -0.2) is 0 Å². The number of aliphatic hydroxyl groups is 1. The molecule has 0 heterocycles. The van der Waals surface area contributed by atoms with E-state index in [4.69, 9.17) is 4.74 Å². The van der Waals surface area contributed by atoms with Crippen molar-refractivity contribution in [1.82, 2.24) is 9.80 Å². The Bertz CT molecular complexity index is 1610. The maximum absolute atomic E-state index is 14.3. The number of fused-ring (bicyclic) bond motifs is 7. The van der Waals surface area contributed by atoms with Gasteiger partial charge in [0.15, 0.2) is 5.78 Å². The molecular formula is C48H78N2O7. The second-order valence-corrected chi connectivity index (χ2v) is 22.5. The number of carboxylic acid groups (broad SMARTS) is 1. The fourth-order valence-electron chi connectivity index (χ4n) is 14.5. The molecule has 0 aromatic carbocycles. The monoisotopic (exact) mass is 795 g/mol. The van der Waals surface area contributed by atoms with E-state index < -0.39 is 28.9 Å². The van der Waals surface area contributed by atoms with E-state index in [1.165, 1.54) is 12.0 Å². The van der Waals surface area contributed by atoms with E-state index in [1.54, 1.807) is 13.8 Å². The molecule has 0 aliphatic heterocycles. The van der Waals surface area contributed by atoms with Gasteiger partial charge in [0, 0.05) is 42.8 Å². The normalized spacial score (nSPS) is 37.3. The second-order valence-electron chi connectivity index (χ2n) is 22.5. The molecule has 9 nitrogen and oxygen atoms in total. The standard InChI is InChI=1S/C48H78N2O7/c1-30(2)39-33(51)27-48(36(52)29-50(26-25-49(10)11)41(54)31-15-13-12-14-16-31)24-23-46(8)32(40(39)48)17-18-35-45(7)21-20-37(57-38(53)28-43(3,4)42(55)56)44(5,6)34(45)19-22-47(35,46)9/h30-32,34-37,52H,12-29H2,1-11H3,(H,55,56)/t32-,34-,35-,36?,37+,45+,46-,47-,48+/m1/s1. The largest absolute Gasteiger partial charge is 0.481 e. The zero-order chi connectivity index (χ0) is 42.1. The molecule has 9 atom stereocenters. The predicted molar refractivity (Wildman–Crippen MR) is 223 cm³/mol. The average Bonchev–Trinajstić information content (AvgIpc) is 3.44. The number of hydrogen-bond donors (Lipinski definition) is 2. The highest BCUT2D eigenvalue weighted by Crippen LogP contribution is 2.77. The Morgan fingerprint density at radius 2 is 1.51 bits per heavy atom. The number of rotatable bonds is 12. The number of Topliss-reactive ketones (excluding diaryl/α,β-unsaturated/α-hetero) is 1. The fraction of sp³-hybridized carbons (Fsp3) is 0.875. The van der Waals surface area contributed by atoms with Crippen LogP contribution in [0.1, 0.15) is 159 Å². The van der Waals surface area contributed by atoms with Gasteiger partial charge >= 0.3 is 11.9 Å². The van der Waals surface area contributed by atoms with E-state index in [0.717, 1.165) is 89.2 Å². The highest BCUT2D eigenvalue weighted by Gasteiger charge is 2.71. The average molecular weight is 795 g/mol. The van der Waals surface area contributed by atoms with Crippen LogP contribution in [0.25, 0.3) is 0 Å². The van der Waals surface area contributed by atoms with Crippen LogP contribution in [-0.2, 0) is 23.9 Å². The third-order valence-corrected chi connectivity index (χ3v) is 18.0. The van der Waals surface area contributed by atoms with E-state index >= 15 is 0 Å². The molecule has 5 saturated carbocycles. The number of likely N-dealkylation sites (N-methyl/N-ethyl adjacent to an activating group) is 1. The lowest BCUT2D eigenvalue weighted by Gasteiger charge is -2.72. The van der Waals surface area contributed by atoms with Crippen LogP contribution in [0.5, 0.6) is 0 Å². The van der Waals surface area contributed by atoms with Crippen molar-refractivity contribution >= 4 is 23.6 Å². The summed E-state index contributed by atoms with van der Waals surface area (Å²) in [7, 11) is 4.06. The molecule has 2 N–H and O–H groups in total. The summed E-state index contributed by atoms with van der Waals surface area (Å²) in [5.74, 6) is 0.0470. The van der Waals surface area contributed by atoms with Crippen LogP contribution in [0.3, 0.4) is 0 Å². The van der Waals surface area contributed by atoms with Crippen LogP contribution in [0.15, 0.2) is 11.1 Å². The Morgan fingerprint density at radius 1 is 0.842 bits per heavy atom. The van der Waals surface area contributed by atoms with Crippen molar-refractivity contribution in [2.45, 2.75) is 171 Å². The van der Waals surface area contributed by atoms with E-state index in [1.807, 2.05) is 19.0 Å². The predicted octanol–water partition coefficient (Wildman–Crippen LogP) is 8.71. The van der Waals surface area contributed by atoms with Gasteiger partial charge in [0.1, 0.15) is 6.10 Å². The van der Waals surface area contributed by atoms with Crippen molar-refractivity contribution in [3.05, 3.63) is 11.1 Å². The summed E-state index contributed by atoms with van der Waals surface area (Å²) in [6, 6.07) is 0. The number of aliphatic hydroxyl groups excluding tert-OH is 1. The molecule has 0 aromatic rings. The van der Waals surface area contributed by atoms with Gasteiger partial charge in [0.2, 0.25) is 5.91 Å². The lowest BCUT2D eigenvalue weighted by molar-refractivity contribution is -0.235. The molecule has 57 heavy (non-hydrogen) atoms. The van der Waals surface area contributed by atoms with Gasteiger partial charge in [-0.15, -0.1) is 0 Å². The summed E-state index contributed by atoms with van der Waals surface area (Å²) in [6.45, 7) is 21.2. The summed E-state index contributed by atoms with van der Waals surface area (Å²) >= 11 is 0. The first kappa shape index (κ1) is 44.3. The van der Waals surface area contributed by atoms with Gasteiger partial charge < -0.3 is 24.7 Å². The highest BCUT2D eigenvalue weighted by molar-refractivity contribution is 6.00. The molecule has 1 unspecified atom stereocenters. The van der Waals surface area contributed by atoms with Gasteiger partial charge in [-0.1, -0.05) is 73.3 Å². The first-order valence-corrected chi connectivity index (χ1v) is 22.8. The topological polar surface area (TPSA) is 124 Å². The van der Waals surface area contributed by atoms with Gasteiger partial charge in [0.25, 0.3) is 0 Å². The number of allylic oxidation sites excluding steroid dienone is 1. The SMILES string of the molecule is CC(C)C1=C2[C@H]3CC[C@@H]4[C@@]5(C)CC[C@H](OC(=O)CC(C)(C)C(=O)O)C(C)(C)[C@H]5CC[C@@]4(C)[C@]3(C)CC[C@@]2(C(O)CN(CCN(C)C)C(=O)C2CCCCC2)CC1=O. The summed E-state index contributed by atoms with van der Waals surface area (Å²) in [5, 5.41) is 22.3. The quantitative estimate of drug-likeness (QED) is 0.188.